The Morgan fingerprint density at radius 3 is 2.69 bits per heavy atom. The average molecular weight is 362 g/mol. The van der Waals surface area contributed by atoms with Crippen molar-refractivity contribution >= 4 is 18.2 Å². The minimum atomic E-state index is -0.891. The summed E-state index contributed by atoms with van der Waals surface area (Å²) in [6, 6.07) is 0. The summed E-state index contributed by atoms with van der Waals surface area (Å²) in [5.41, 5.74) is 1.62. The van der Waals surface area contributed by atoms with Gasteiger partial charge in [0.1, 0.15) is 24.6 Å². The molecule has 1 heterocycles. The molecule has 4 unspecified atom stereocenters. The van der Waals surface area contributed by atoms with Crippen molar-refractivity contribution in [1.29, 1.82) is 0 Å². The standard InChI is InChI=1S/C20H26O6/c1-11(2)19(22)26-18-16-13(4)20(23)25-15(16)9-12(3)7-6-8-14(10-21)17(18)24-5/h8-11,15-18H,4,6-7H2,1-3,5H3/b12-9+,14-8-. The van der Waals surface area contributed by atoms with Crippen molar-refractivity contribution in [2.24, 2.45) is 11.8 Å². The second-order valence-electron chi connectivity index (χ2n) is 7.01. The molecule has 6 heteroatoms. The van der Waals surface area contributed by atoms with Crippen molar-refractivity contribution in [3.05, 3.63) is 35.5 Å². The van der Waals surface area contributed by atoms with Crippen LogP contribution in [0.1, 0.15) is 33.6 Å². The summed E-state index contributed by atoms with van der Waals surface area (Å²) in [7, 11) is 1.44. The van der Waals surface area contributed by atoms with E-state index < -0.39 is 36.2 Å². The average Bonchev–Trinajstić information content (AvgIpc) is 2.86. The van der Waals surface area contributed by atoms with Gasteiger partial charge in [-0.05, 0) is 25.8 Å². The van der Waals surface area contributed by atoms with Gasteiger partial charge in [0.15, 0.2) is 0 Å². The van der Waals surface area contributed by atoms with Crippen LogP contribution in [-0.4, -0.2) is 43.6 Å². The molecule has 4 atom stereocenters. The maximum atomic E-state index is 12.3. The fourth-order valence-corrected chi connectivity index (χ4v) is 3.24. The number of aldehydes is 1. The SMILES string of the molecule is C=C1C(=O)OC2/C=C(\C)CC/C=C(/C=O)C(OC)C(OC(=O)C(C)C)C12. The molecule has 0 spiro atoms. The third-order valence-electron chi connectivity index (χ3n) is 4.72. The number of esters is 2. The highest BCUT2D eigenvalue weighted by atomic mass is 16.6. The molecule has 0 aromatic carbocycles. The summed E-state index contributed by atoms with van der Waals surface area (Å²) in [6.45, 7) is 9.20. The van der Waals surface area contributed by atoms with Crippen molar-refractivity contribution in [1.82, 2.24) is 0 Å². The third-order valence-corrected chi connectivity index (χ3v) is 4.72. The zero-order chi connectivity index (χ0) is 19.4. The van der Waals surface area contributed by atoms with Crippen LogP contribution in [0.3, 0.4) is 0 Å². The molecule has 142 valence electrons. The molecule has 0 aromatic heterocycles. The number of allylic oxidation sites excluding steroid dienone is 2. The molecule has 2 aliphatic rings. The van der Waals surface area contributed by atoms with Crippen LogP contribution in [0.15, 0.2) is 35.5 Å². The molecule has 1 saturated heterocycles. The van der Waals surface area contributed by atoms with Gasteiger partial charge in [0.25, 0.3) is 0 Å². The number of ether oxygens (including phenoxy) is 3. The summed E-state index contributed by atoms with van der Waals surface area (Å²) < 4.78 is 16.7. The van der Waals surface area contributed by atoms with Crippen LogP contribution >= 0.6 is 0 Å². The first-order valence-corrected chi connectivity index (χ1v) is 8.75. The van der Waals surface area contributed by atoms with Gasteiger partial charge < -0.3 is 14.2 Å². The maximum Gasteiger partial charge on any atom is 0.334 e. The van der Waals surface area contributed by atoms with Gasteiger partial charge in [0, 0.05) is 18.3 Å². The lowest BCUT2D eigenvalue weighted by Crippen LogP contribution is -2.44. The molecule has 1 fully saturated rings. The Bertz CT molecular complexity index is 657. The Morgan fingerprint density at radius 2 is 2.12 bits per heavy atom. The van der Waals surface area contributed by atoms with Gasteiger partial charge in [-0.2, -0.15) is 0 Å². The Morgan fingerprint density at radius 1 is 1.42 bits per heavy atom. The number of carbonyl (C=O) groups excluding carboxylic acids is 3. The fraction of sp³-hybridized carbons (Fsp3) is 0.550. The van der Waals surface area contributed by atoms with Crippen molar-refractivity contribution < 1.29 is 28.6 Å². The quantitative estimate of drug-likeness (QED) is 0.331. The number of fused-ring (bicyclic) bond motifs is 1. The van der Waals surface area contributed by atoms with Gasteiger partial charge >= 0.3 is 11.9 Å². The van der Waals surface area contributed by atoms with Crippen molar-refractivity contribution in [3.8, 4) is 0 Å². The van der Waals surface area contributed by atoms with Gasteiger partial charge in [0.05, 0.1) is 11.8 Å². The Balaban J connectivity index is 2.55. The molecule has 0 bridgehead atoms. The van der Waals surface area contributed by atoms with Gasteiger partial charge in [-0.3, -0.25) is 9.59 Å². The number of hydrogen-bond donors (Lipinski definition) is 0. The van der Waals surface area contributed by atoms with E-state index in [0.29, 0.717) is 18.3 Å². The molecule has 1 aliphatic heterocycles. The second-order valence-corrected chi connectivity index (χ2v) is 7.01. The highest BCUT2D eigenvalue weighted by Crippen LogP contribution is 2.37. The zero-order valence-corrected chi connectivity index (χ0v) is 15.7. The van der Waals surface area contributed by atoms with Gasteiger partial charge in [-0.1, -0.05) is 32.1 Å². The monoisotopic (exact) mass is 362 g/mol. The molecule has 1 aliphatic carbocycles. The van der Waals surface area contributed by atoms with E-state index >= 15 is 0 Å². The van der Waals surface area contributed by atoms with E-state index in [1.807, 2.05) is 13.0 Å². The zero-order valence-electron chi connectivity index (χ0n) is 15.7. The minimum absolute atomic E-state index is 0.216. The first-order valence-electron chi connectivity index (χ1n) is 8.75. The topological polar surface area (TPSA) is 78.9 Å². The first-order chi connectivity index (χ1) is 12.3. The highest BCUT2D eigenvalue weighted by Gasteiger charge is 2.48. The van der Waals surface area contributed by atoms with E-state index in [4.69, 9.17) is 14.2 Å². The van der Waals surface area contributed by atoms with Crippen LogP contribution < -0.4 is 0 Å². The molecule has 0 aromatic rings. The Hall–Kier alpha value is -2.21. The lowest BCUT2D eigenvalue weighted by atomic mass is 9.83. The van der Waals surface area contributed by atoms with E-state index in [1.54, 1.807) is 19.9 Å². The largest absolute Gasteiger partial charge is 0.458 e. The van der Waals surface area contributed by atoms with Gasteiger partial charge in [-0.15, -0.1) is 0 Å². The Labute approximate surface area is 153 Å². The van der Waals surface area contributed by atoms with E-state index in [0.717, 1.165) is 12.0 Å². The summed E-state index contributed by atoms with van der Waals surface area (Å²) in [4.78, 5) is 36.1. The van der Waals surface area contributed by atoms with Crippen LogP contribution in [0.2, 0.25) is 0 Å². The highest BCUT2D eigenvalue weighted by molar-refractivity contribution is 5.91. The molecule has 26 heavy (non-hydrogen) atoms. The number of hydrogen-bond acceptors (Lipinski definition) is 6. The van der Waals surface area contributed by atoms with Crippen LogP contribution in [0.5, 0.6) is 0 Å². The van der Waals surface area contributed by atoms with Crippen LogP contribution in [-0.2, 0) is 28.6 Å². The smallest absolute Gasteiger partial charge is 0.334 e. The predicted octanol–water partition coefficient (Wildman–Crippen LogP) is 2.53. The normalized spacial score (nSPS) is 33.4. The van der Waals surface area contributed by atoms with Crippen molar-refractivity contribution in [2.75, 3.05) is 7.11 Å². The van der Waals surface area contributed by atoms with E-state index in [-0.39, 0.29) is 11.5 Å². The van der Waals surface area contributed by atoms with Gasteiger partial charge in [-0.25, -0.2) is 4.79 Å². The first kappa shape index (κ1) is 20.1. The van der Waals surface area contributed by atoms with E-state index in [9.17, 15) is 14.4 Å². The maximum absolute atomic E-state index is 12.3. The third kappa shape index (κ3) is 4.12. The minimum Gasteiger partial charge on any atom is -0.458 e. The van der Waals surface area contributed by atoms with Gasteiger partial charge in [0.2, 0.25) is 0 Å². The van der Waals surface area contributed by atoms with Crippen LogP contribution in [0.25, 0.3) is 0 Å². The van der Waals surface area contributed by atoms with E-state index in [1.165, 1.54) is 7.11 Å². The number of methoxy groups -OCH3 is 1. The van der Waals surface area contributed by atoms with Crippen molar-refractivity contribution in [3.63, 3.8) is 0 Å². The molecule has 0 amide bonds. The lowest BCUT2D eigenvalue weighted by molar-refractivity contribution is -0.163. The van der Waals surface area contributed by atoms with Crippen LogP contribution in [0.4, 0.5) is 0 Å². The Kier molecular flexibility index (Phi) is 6.53. The van der Waals surface area contributed by atoms with Crippen LogP contribution in [0, 0.1) is 11.8 Å². The molecule has 0 radical (unpaired) electrons. The fourth-order valence-electron chi connectivity index (χ4n) is 3.24. The summed E-state index contributed by atoms with van der Waals surface area (Å²) >= 11 is 0. The summed E-state index contributed by atoms with van der Waals surface area (Å²) in [5, 5.41) is 0. The second kappa shape index (κ2) is 8.45. The van der Waals surface area contributed by atoms with E-state index in [2.05, 4.69) is 6.58 Å². The summed E-state index contributed by atoms with van der Waals surface area (Å²) in [6.07, 6.45) is 3.41. The molecular formula is C20H26O6. The summed E-state index contributed by atoms with van der Waals surface area (Å²) in [5.74, 6) is -1.95. The molecule has 0 saturated carbocycles. The van der Waals surface area contributed by atoms with Crippen molar-refractivity contribution in [2.45, 2.75) is 51.9 Å². The lowest BCUT2D eigenvalue weighted by Gasteiger charge is -2.33. The molecule has 6 nitrogen and oxygen atoms in total. The molecular weight excluding hydrogens is 336 g/mol. The number of carbonyl (C=O) groups is 3. The predicted molar refractivity (Wildman–Crippen MR) is 95.2 cm³/mol. The molecule has 2 rings (SSSR count). The molecule has 0 N–H and O–H groups in total. The number of rotatable bonds is 4.